The molecule has 3 nitrogen and oxygen atoms in total. The summed E-state index contributed by atoms with van der Waals surface area (Å²) < 4.78 is 15.9. The van der Waals surface area contributed by atoms with Crippen molar-refractivity contribution in [2.75, 3.05) is 21.3 Å². The lowest BCUT2D eigenvalue weighted by atomic mass is 10.0. The maximum Gasteiger partial charge on any atom is 0.123 e. The maximum atomic E-state index is 6.57. The number of hydrogen-bond donors (Lipinski definition) is 0. The molecule has 0 amide bonds. The Morgan fingerprint density at radius 3 is 2.29 bits per heavy atom. The third-order valence-corrected chi connectivity index (χ3v) is 3.71. The van der Waals surface area contributed by atoms with Crippen LogP contribution < -0.4 is 14.2 Å². The maximum absolute atomic E-state index is 6.57. The highest BCUT2D eigenvalue weighted by atomic mass is 35.5. The smallest absolute Gasteiger partial charge is 0.123 e. The molecule has 0 spiro atoms. The van der Waals surface area contributed by atoms with Gasteiger partial charge in [0.2, 0.25) is 0 Å². The van der Waals surface area contributed by atoms with Crippen LogP contribution in [0.2, 0.25) is 0 Å². The minimum Gasteiger partial charge on any atom is -0.497 e. The van der Waals surface area contributed by atoms with Gasteiger partial charge in [-0.2, -0.15) is 0 Å². The minimum atomic E-state index is -0.206. The zero-order valence-corrected chi connectivity index (χ0v) is 13.2. The average Bonchev–Trinajstić information content (AvgIpc) is 2.54. The van der Waals surface area contributed by atoms with E-state index in [9.17, 15) is 0 Å². The number of hydrogen-bond acceptors (Lipinski definition) is 3. The summed E-state index contributed by atoms with van der Waals surface area (Å²) in [4.78, 5) is 0. The second-order valence-corrected chi connectivity index (χ2v) is 5.16. The number of halogens is 1. The molecule has 0 radical (unpaired) electrons. The summed E-state index contributed by atoms with van der Waals surface area (Å²) in [6.07, 6.45) is 0.683. The summed E-state index contributed by atoms with van der Waals surface area (Å²) in [6.45, 7) is 0. The molecule has 2 rings (SSSR count). The van der Waals surface area contributed by atoms with E-state index in [4.69, 9.17) is 25.8 Å². The molecule has 2 aromatic rings. The summed E-state index contributed by atoms with van der Waals surface area (Å²) in [6, 6.07) is 13.5. The Kier molecular flexibility index (Phi) is 5.34. The van der Waals surface area contributed by atoms with E-state index < -0.39 is 0 Å². The quantitative estimate of drug-likeness (QED) is 0.747. The van der Waals surface area contributed by atoms with Gasteiger partial charge in [-0.1, -0.05) is 12.1 Å². The van der Waals surface area contributed by atoms with E-state index >= 15 is 0 Å². The summed E-state index contributed by atoms with van der Waals surface area (Å²) in [5, 5.41) is -0.206. The number of rotatable bonds is 6. The van der Waals surface area contributed by atoms with Gasteiger partial charge in [-0.15, -0.1) is 11.6 Å². The molecule has 1 unspecified atom stereocenters. The Balaban J connectivity index is 2.24. The number of benzene rings is 2. The second kappa shape index (κ2) is 7.23. The molecule has 0 bridgehead atoms. The minimum absolute atomic E-state index is 0.206. The summed E-state index contributed by atoms with van der Waals surface area (Å²) in [5.41, 5.74) is 2.03. The van der Waals surface area contributed by atoms with Gasteiger partial charge in [0.25, 0.3) is 0 Å². The van der Waals surface area contributed by atoms with Gasteiger partial charge in [0.15, 0.2) is 0 Å². The van der Waals surface area contributed by atoms with Gasteiger partial charge in [0.05, 0.1) is 26.7 Å². The highest BCUT2D eigenvalue weighted by Gasteiger charge is 2.15. The topological polar surface area (TPSA) is 27.7 Å². The molecule has 112 valence electrons. The van der Waals surface area contributed by atoms with Crippen molar-refractivity contribution in [2.24, 2.45) is 0 Å². The lowest BCUT2D eigenvalue weighted by Gasteiger charge is -2.15. The first-order valence-corrected chi connectivity index (χ1v) is 7.10. The van der Waals surface area contributed by atoms with Gasteiger partial charge in [-0.25, -0.2) is 0 Å². The lowest BCUT2D eigenvalue weighted by Crippen LogP contribution is -2.00. The summed E-state index contributed by atoms with van der Waals surface area (Å²) in [5.74, 6) is 2.36. The normalized spacial score (nSPS) is 11.8. The zero-order chi connectivity index (χ0) is 15.2. The fourth-order valence-electron chi connectivity index (χ4n) is 2.20. The van der Waals surface area contributed by atoms with Crippen LogP contribution in [0.3, 0.4) is 0 Å². The molecule has 0 aromatic heterocycles. The molecule has 0 saturated heterocycles. The van der Waals surface area contributed by atoms with Crippen LogP contribution in [0.1, 0.15) is 16.5 Å². The monoisotopic (exact) mass is 306 g/mol. The molecule has 0 heterocycles. The van der Waals surface area contributed by atoms with Crippen LogP contribution in [0.4, 0.5) is 0 Å². The molecule has 0 N–H and O–H groups in total. The zero-order valence-electron chi connectivity index (χ0n) is 12.4. The van der Waals surface area contributed by atoms with Crippen LogP contribution in [0.5, 0.6) is 17.2 Å². The Hall–Kier alpha value is -1.87. The van der Waals surface area contributed by atoms with Crippen molar-refractivity contribution in [3.05, 3.63) is 53.6 Å². The first-order chi connectivity index (χ1) is 10.2. The Bertz CT molecular complexity index is 598. The van der Waals surface area contributed by atoms with Crippen molar-refractivity contribution in [2.45, 2.75) is 11.8 Å². The van der Waals surface area contributed by atoms with E-state index in [1.807, 2.05) is 42.5 Å². The SMILES string of the molecule is COc1cccc(CC(Cl)c2cc(OC)ccc2OC)c1. The standard InChI is InChI=1S/C17H19ClO3/c1-19-13-6-4-5-12(9-13)10-16(18)15-11-14(20-2)7-8-17(15)21-3/h4-9,11,16H,10H2,1-3H3. The Morgan fingerprint density at radius 2 is 1.62 bits per heavy atom. The molecule has 21 heavy (non-hydrogen) atoms. The molecule has 4 heteroatoms. The Morgan fingerprint density at radius 1 is 0.905 bits per heavy atom. The molecule has 0 aliphatic rings. The average molecular weight is 307 g/mol. The van der Waals surface area contributed by atoms with Crippen LogP contribution in [-0.4, -0.2) is 21.3 Å². The van der Waals surface area contributed by atoms with Crippen molar-refractivity contribution in [1.29, 1.82) is 0 Å². The highest BCUT2D eigenvalue weighted by molar-refractivity contribution is 6.21. The molecule has 0 fully saturated rings. The van der Waals surface area contributed by atoms with Crippen LogP contribution in [0.15, 0.2) is 42.5 Å². The van der Waals surface area contributed by atoms with E-state index in [0.29, 0.717) is 6.42 Å². The van der Waals surface area contributed by atoms with E-state index in [1.165, 1.54) is 0 Å². The van der Waals surface area contributed by atoms with E-state index in [1.54, 1.807) is 21.3 Å². The van der Waals surface area contributed by atoms with E-state index in [-0.39, 0.29) is 5.38 Å². The highest BCUT2D eigenvalue weighted by Crippen LogP contribution is 2.35. The first-order valence-electron chi connectivity index (χ1n) is 6.67. The second-order valence-electron chi connectivity index (χ2n) is 4.63. The van der Waals surface area contributed by atoms with Gasteiger partial charge in [-0.3, -0.25) is 0 Å². The fraction of sp³-hybridized carbons (Fsp3) is 0.294. The first kappa shape index (κ1) is 15.5. The van der Waals surface area contributed by atoms with Gasteiger partial charge >= 0.3 is 0 Å². The molecular formula is C17H19ClO3. The molecule has 1 atom stereocenters. The fourth-order valence-corrected chi connectivity index (χ4v) is 2.55. The number of methoxy groups -OCH3 is 3. The lowest BCUT2D eigenvalue weighted by molar-refractivity contribution is 0.398. The molecule has 0 aliphatic carbocycles. The van der Waals surface area contributed by atoms with Crippen LogP contribution >= 0.6 is 11.6 Å². The van der Waals surface area contributed by atoms with Crippen molar-refractivity contribution in [3.63, 3.8) is 0 Å². The van der Waals surface area contributed by atoms with Crippen LogP contribution in [-0.2, 0) is 6.42 Å². The van der Waals surface area contributed by atoms with Crippen molar-refractivity contribution in [1.82, 2.24) is 0 Å². The molecule has 2 aromatic carbocycles. The van der Waals surface area contributed by atoms with E-state index in [0.717, 1.165) is 28.4 Å². The predicted molar refractivity (Wildman–Crippen MR) is 84.8 cm³/mol. The van der Waals surface area contributed by atoms with E-state index in [2.05, 4.69) is 0 Å². The van der Waals surface area contributed by atoms with Crippen molar-refractivity contribution >= 4 is 11.6 Å². The van der Waals surface area contributed by atoms with Crippen molar-refractivity contribution in [3.8, 4) is 17.2 Å². The van der Waals surface area contributed by atoms with Gasteiger partial charge in [0.1, 0.15) is 17.2 Å². The molecule has 0 saturated carbocycles. The Labute approximate surface area is 130 Å². The molecule has 0 aliphatic heterocycles. The van der Waals surface area contributed by atoms with Gasteiger partial charge in [0, 0.05) is 5.56 Å². The predicted octanol–water partition coefficient (Wildman–Crippen LogP) is 4.24. The summed E-state index contributed by atoms with van der Waals surface area (Å²) in [7, 11) is 4.93. The van der Waals surface area contributed by atoms with Gasteiger partial charge < -0.3 is 14.2 Å². The largest absolute Gasteiger partial charge is 0.497 e. The molecular weight excluding hydrogens is 288 g/mol. The number of alkyl halides is 1. The third-order valence-electron chi connectivity index (χ3n) is 3.32. The third kappa shape index (κ3) is 3.82. The van der Waals surface area contributed by atoms with Crippen LogP contribution in [0, 0.1) is 0 Å². The van der Waals surface area contributed by atoms with Gasteiger partial charge in [-0.05, 0) is 42.3 Å². The summed E-state index contributed by atoms with van der Waals surface area (Å²) >= 11 is 6.57. The number of ether oxygens (including phenoxy) is 3. The van der Waals surface area contributed by atoms with Crippen molar-refractivity contribution < 1.29 is 14.2 Å². The van der Waals surface area contributed by atoms with Crippen LogP contribution in [0.25, 0.3) is 0 Å².